The summed E-state index contributed by atoms with van der Waals surface area (Å²) in [5.41, 5.74) is 0.700. The minimum atomic E-state index is -4.63. The van der Waals surface area contributed by atoms with Crippen molar-refractivity contribution in [2.24, 2.45) is 0 Å². The average molecular weight is 435 g/mol. The van der Waals surface area contributed by atoms with E-state index in [0.29, 0.717) is 11.1 Å². The Hall–Kier alpha value is -2.86. The number of benzene rings is 2. The van der Waals surface area contributed by atoms with Crippen molar-refractivity contribution in [1.82, 2.24) is 0 Å². The molecule has 2 aliphatic rings. The van der Waals surface area contributed by atoms with Crippen molar-refractivity contribution in [1.29, 1.82) is 0 Å². The molecular formula is C18H13NO8S2. The predicted molar refractivity (Wildman–Crippen MR) is 100 cm³/mol. The lowest BCUT2D eigenvalue weighted by Gasteiger charge is -2.07. The fourth-order valence-electron chi connectivity index (χ4n) is 3.51. The minimum absolute atomic E-state index is 0.00232. The van der Waals surface area contributed by atoms with E-state index in [2.05, 4.69) is 5.32 Å². The Morgan fingerprint density at radius 1 is 0.897 bits per heavy atom. The molecule has 1 heterocycles. The smallest absolute Gasteiger partial charge is 0.296 e. The Labute approximate surface area is 165 Å². The number of rotatable bonds is 2. The average Bonchev–Trinajstić information content (AvgIpc) is 3.10. The largest absolute Gasteiger partial charge is 0.350 e. The summed E-state index contributed by atoms with van der Waals surface area (Å²) in [5.74, 6) is -1.22. The topological polar surface area (TPSA) is 155 Å². The molecule has 29 heavy (non-hydrogen) atoms. The molecule has 1 aliphatic carbocycles. The number of hydrogen-bond acceptors (Lipinski definition) is 7. The van der Waals surface area contributed by atoms with Crippen LogP contribution in [0.2, 0.25) is 0 Å². The second-order valence-electron chi connectivity index (χ2n) is 6.77. The van der Waals surface area contributed by atoms with Crippen molar-refractivity contribution in [3.05, 3.63) is 63.9 Å². The van der Waals surface area contributed by atoms with Gasteiger partial charge in [0.25, 0.3) is 20.2 Å². The highest BCUT2D eigenvalue weighted by atomic mass is 32.2. The summed E-state index contributed by atoms with van der Waals surface area (Å²) in [6.07, 6.45) is 0.0160. The molecule has 9 nitrogen and oxygen atoms in total. The number of carbonyl (C=O) groups excluding carboxylic acids is 2. The molecule has 150 valence electrons. The lowest BCUT2D eigenvalue weighted by molar-refractivity contribution is 0.101. The van der Waals surface area contributed by atoms with Crippen LogP contribution in [0.25, 0.3) is 0 Å². The number of anilines is 1. The Kier molecular flexibility index (Phi) is 4.07. The van der Waals surface area contributed by atoms with Gasteiger partial charge in [-0.15, -0.1) is 0 Å². The van der Waals surface area contributed by atoms with Crippen molar-refractivity contribution in [3.8, 4) is 0 Å². The van der Waals surface area contributed by atoms with E-state index in [9.17, 15) is 35.5 Å². The number of Topliss-reactive ketones (excluding diaryl/α,β-unsaturated/α-hetero) is 2. The normalized spacial score (nSPS) is 18.6. The molecule has 1 aliphatic heterocycles. The lowest BCUT2D eigenvalue weighted by Crippen LogP contribution is -2.10. The van der Waals surface area contributed by atoms with Crippen LogP contribution in [0.3, 0.4) is 0 Å². The van der Waals surface area contributed by atoms with E-state index in [1.54, 1.807) is 6.92 Å². The maximum absolute atomic E-state index is 12.9. The first-order valence-electron chi connectivity index (χ1n) is 8.20. The molecule has 2 aromatic carbocycles. The maximum atomic E-state index is 12.9. The highest BCUT2D eigenvalue weighted by Gasteiger charge is 2.37. The Balaban J connectivity index is 1.85. The molecule has 0 saturated heterocycles. The number of aryl methyl sites for hydroxylation is 1. The van der Waals surface area contributed by atoms with Gasteiger partial charge < -0.3 is 5.32 Å². The SMILES string of the molecule is Cc1cc2c(c(S(=O)(=O)O)c1)N/C(=C1/Cc3ccc(S(=O)(=O)O)cc3C1=O)C2=O. The first-order chi connectivity index (χ1) is 13.4. The Morgan fingerprint density at radius 3 is 2.21 bits per heavy atom. The Bertz CT molecular complexity index is 1390. The van der Waals surface area contributed by atoms with Crippen LogP contribution in [-0.2, 0) is 26.7 Å². The third kappa shape index (κ3) is 3.08. The van der Waals surface area contributed by atoms with Crippen LogP contribution in [0.1, 0.15) is 31.8 Å². The summed E-state index contributed by atoms with van der Waals surface area (Å²) in [7, 11) is -9.14. The number of nitrogens with one attached hydrogen (secondary N) is 1. The number of allylic oxidation sites excluding steroid dienone is 2. The van der Waals surface area contributed by atoms with Gasteiger partial charge in [0.1, 0.15) is 4.90 Å². The number of carbonyl (C=O) groups is 2. The van der Waals surface area contributed by atoms with Gasteiger partial charge in [-0.3, -0.25) is 18.7 Å². The number of ketones is 2. The third-order valence-corrected chi connectivity index (χ3v) is 6.54. The van der Waals surface area contributed by atoms with Gasteiger partial charge in [-0.1, -0.05) is 6.07 Å². The highest BCUT2D eigenvalue weighted by Crippen LogP contribution is 2.39. The zero-order valence-electron chi connectivity index (χ0n) is 14.8. The number of fused-ring (bicyclic) bond motifs is 2. The monoisotopic (exact) mass is 435 g/mol. The van der Waals surface area contributed by atoms with E-state index in [1.807, 2.05) is 0 Å². The van der Waals surface area contributed by atoms with Gasteiger partial charge in [-0.2, -0.15) is 16.8 Å². The fraction of sp³-hybridized carbons (Fsp3) is 0.111. The van der Waals surface area contributed by atoms with Crippen molar-refractivity contribution in [2.45, 2.75) is 23.1 Å². The summed E-state index contributed by atoms with van der Waals surface area (Å²) in [6, 6.07) is 6.18. The summed E-state index contributed by atoms with van der Waals surface area (Å²) in [6.45, 7) is 1.56. The zero-order chi connectivity index (χ0) is 21.3. The fourth-order valence-corrected chi connectivity index (χ4v) is 4.77. The van der Waals surface area contributed by atoms with Crippen LogP contribution in [0.5, 0.6) is 0 Å². The van der Waals surface area contributed by atoms with E-state index in [-0.39, 0.29) is 34.5 Å². The highest BCUT2D eigenvalue weighted by molar-refractivity contribution is 7.86. The van der Waals surface area contributed by atoms with Crippen molar-refractivity contribution >= 4 is 37.5 Å². The van der Waals surface area contributed by atoms with Gasteiger partial charge in [-0.25, -0.2) is 0 Å². The molecule has 0 spiro atoms. The summed E-state index contributed by atoms with van der Waals surface area (Å²) in [4.78, 5) is 24.7. The second kappa shape index (κ2) is 6.07. The summed E-state index contributed by atoms with van der Waals surface area (Å²) >= 11 is 0. The number of hydrogen-bond donors (Lipinski definition) is 3. The molecule has 11 heteroatoms. The lowest BCUT2D eigenvalue weighted by atomic mass is 10.0. The van der Waals surface area contributed by atoms with Gasteiger partial charge in [0.05, 0.1) is 16.3 Å². The van der Waals surface area contributed by atoms with Gasteiger partial charge in [0.2, 0.25) is 5.78 Å². The molecular weight excluding hydrogens is 422 g/mol. The van der Waals surface area contributed by atoms with Crippen molar-refractivity contribution < 1.29 is 35.5 Å². The molecule has 0 aromatic heterocycles. The van der Waals surface area contributed by atoms with Crippen LogP contribution >= 0.6 is 0 Å². The molecule has 0 atom stereocenters. The molecule has 2 aromatic rings. The first-order valence-corrected chi connectivity index (χ1v) is 11.1. The van der Waals surface area contributed by atoms with Crippen molar-refractivity contribution in [3.63, 3.8) is 0 Å². The quantitative estimate of drug-likeness (QED) is 0.473. The molecule has 3 N–H and O–H groups in total. The summed E-state index contributed by atoms with van der Waals surface area (Å²) in [5, 5.41) is 2.64. The zero-order valence-corrected chi connectivity index (χ0v) is 16.4. The van der Waals surface area contributed by atoms with E-state index in [0.717, 1.165) is 12.1 Å². The van der Waals surface area contributed by atoms with Crippen LogP contribution in [0.4, 0.5) is 5.69 Å². The van der Waals surface area contributed by atoms with Crippen LogP contribution in [0, 0.1) is 6.92 Å². The van der Waals surface area contributed by atoms with E-state index in [1.165, 1.54) is 18.2 Å². The summed E-state index contributed by atoms with van der Waals surface area (Å²) < 4.78 is 64.7. The minimum Gasteiger partial charge on any atom is -0.350 e. The van der Waals surface area contributed by atoms with Gasteiger partial charge in [0.15, 0.2) is 5.78 Å². The van der Waals surface area contributed by atoms with Gasteiger partial charge >= 0.3 is 0 Å². The second-order valence-corrected chi connectivity index (χ2v) is 9.58. The van der Waals surface area contributed by atoms with Gasteiger partial charge in [-0.05, 0) is 42.3 Å². The van der Waals surface area contributed by atoms with E-state index >= 15 is 0 Å². The third-order valence-electron chi connectivity index (χ3n) is 4.81. The molecule has 0 unspecified atom stereocenters. The van der Waals surface area contributed by atoms with Crippen LogP contribution in [0.15, 0.2) is 51.4 Å². The van der Waals surface area contributed by atoms with Crippen molar-refractivity contribution in [2.75, 3.05) is 5.32 Å². The molecule has 0 radical (unpaired) electrons. The molecule has 0 amide bonds. The molecule has 0 saturated carbocycles. The van der Waals surface area contributed by atoms with Gasteiger partial charge in [0, 0.05) is 23.1 Å². The predicted octanol–water partition coefficient (Wildman–Crippen LogP) is 1.79. The molecule has 4 rings (SSSR count). The standard InChI is InChI=1S/C18H13NO8S2/c1-8-4-12-15(14(5-8)29(25,26)27)19-16(18(12)21)13-6-9-2-3-10(28(22,23)24)7-11(9)17(13)20/h2-5,7,19H,6H2,1H3,(H,22,23,24)(H,25,26,27)/b16-13-. The van der Waals surface area contributed by atoms with Crippen LogP contribution < -0.4 is 5.32 Å². The maximum Gasteiger partial charge on any atom is 0.296 e. The first kappa shape index (κ1) is 19.5. The van der Waals surface area contributed by atoms with Crippen LogP contribution in [-0.4, -0.2) is 37.5 Å². The Morgan fingerprint density at radius 2 is 1.59 bits per heavy atom. The van der Waals surface area contributed by atoms with E-state index in [4.69, 9.17) is 0 Å². The molecule has 0 fully saturated rings. The molecule has 0 bridgehead atoms. The van der Waals surface area contributed by atoms with E-state index < -0.39 is 41.6 Å².